The van der Waals surface area contributed by atoms with E-state index in [0.717, 1.165) is 58.6 Å². The van der Waals surface area contributed by atoms with Crippen molar-refractivity contribution < 1.29 is 4.74 Å². The lowest BCUT2D eigenvalue weighted by molar-refractivity contribution is 0.219. The lowest BCUT2D eigenvalue weighted by Crippen LogP contribution is -2.18. The number of hydrogen-bond donors (Lipinski definition) is 1. The van der Waals surface area contributed by atoms with Crippen molar-refractivity contribution in [1.29, 1.82) is 0 Å². The second-order valence-electron chi connectivity index (χ2n) is 9.10. The van der Waals surface area contributed by atoms with Crippen LogP contribution in [-0.2, 0) is 0 Å². The number of hydrogen-bond acceptors (Lipinski definition) is 4. The number of anilines is 2. The summed E-state index contributed by atoms with van der Waals surface area (Å²) in [5.41, 5.74) is 4.67. The van der Waals surface area contributed by atoms with Crippen LogP contribution in [0.5, 0.6) is 5.75 Å². The molecule has 2 atom stereocenters. The molecule has 1 heterocycles. The van der Waals surface area contributed by atoms with Crippen molar-refractivity contribution in [2.45, 2.75) is 67.2 Å². The van der Waals surface area contributed by atoms with Gasteiger partial charge < -0.3 is 10.1 Å². The summed E-state index contributed by atoms with van der Waals surface area (Å²) in [6, 6.07) is 15.5. The summed E-state index contributed by atoms with van der Waals surface area (Å²) in [6.45, 7) is 17.0. The standard InChI is InChI=1S/C23H24ClN3O.C6H12.C2H6/c1-5-9-15(2)21-16(3)22(25-18-12-13-19(24)20(14-18)28-4)27-23(26-21)17-10-7-6-8-11-17;1-5-3-4-6(5)2;1-2/h6-8,10-14H,2,5,9H2,1,3-4H3,(H,25,26,27);5-6H,3-4H2,1-2H3;1-2H3. The van der Waals surface area contributed by atoms with E-state index in [2.05, 4.69) is 32.7 Å². The van der Waals surface area contributed by atoms with E-state index < -0.39 is 0 Å². The van der Waals surface area contributed by atoms with E-state index in [1.54, 1.807) is 13.2 Å². The van der Waals surface area contributed by atoms with E-state index >= 15 is 0 Å². The van der Waals surface area contributed by atoms with Crippen LogP contribution in [0, 0.1) is 18.8 Å². The quantitative estimate of drug-likeness (QED) is 0.345. The smallest absolute Gasteiger partial charge is 0.162 e. The highest BCUT2D eigenvalue weighted by atomic mass is 35.5. The molecule has 2 aromatic carbocycles. The van der Waals surface area contributed by atoms with Crippen molar-refractivity contribution in [1.82, 2.24) is 9.97 Å². The van der Waals surface area contributed by atoms with E-state index in [9.17, 15) is 0 Å². The highest BCUT2D eigenvalue weighted by Crippen LogP contribution is 2.33. The third-order valence-corrected chi connectivity index (χ3v) is 6.84. The first kappa shape index (κ1) is 29.4. The Morgan fingerprint density at radius 3 is 2.22 bits per heavy atom. The Bertz CT molecular complexity index is 1110. The van der Waals surface area contributed by atoms with Crippen molar-refractivity contribution in [3.8, 4) is 17.1 Å². The first-order chi connectivity index (χ1) is 17.3. The van der Waals surface area contributed by atoms with Gasteiger partial charge in [-0.25, -0.2) is 9.97 Å². The van der Waals surface area contributed by atoms with Crippen molar-refractivity contribution in [2.24, 2.45) is 11.8 Å². The average molecular weight is 508 g/mol. The van der Waals surface area contributed by atoms with Crippen molar-refractivity contribution >= 4 is 28.7 Å². The molecular formula is C31H42ClN3O. The minimum atomic E-state index is 0.564. The topological polar surface area (TPSA) is 47.0 Å². The molecule has 4 rings (SSSR count). The lowest BCUT2D eigenvalue weighted by atomic mass is 9.77. The van der Waals surface area contributed by atoms with Crippen molar-refractivity contribution in [3.05, 3.63) is 71.4 Å². The van der Waals surface area contributed by atoms with Gasteiger partial charge in [0.25, 0.3) is 0 Å². The Balaban J connectivity index is 0.000000491. The van der Waals surface area contributed by atoms with Crippen LogP contribution in [0.1, 0.15) is 71.6 Å². The van der Waals surface area contributed by atoms with E-state index in [1.807, 2.05) is 63.2 Å². The molecule has 36 heavy (non-hydrogen) atoms. The molecule has 0 radical (unpaired) electrons. The number of ether oxygens (including phenoxy) is 1. The molecule has 1 aromatic heterocycles. The Hall–Kier alpha value is -2.85. The van der Waals surface area contributed by atoms with E-state index in [4.69, 9.17) is 26.3 Å². The summed E-state index contributed by atoms with van der Waals surface area (Å²) in [7, 11) is 1.60. The molecule has 194 valence electrons. The van der Waals surface area contributed by atoms with E-state index in [0.29, 0.717) is 16.6 Å². The molecule has 0 aliphatic heterocycles. The maximum atomic E-state index is 6.15. The Morgan fingerprint density at radius 2 is 1.69 bits per heavy atom. The van der Waals surface area contributed by atoms with Gasteiger partial charge in [-0.3, -0.25) is 0 Å². The minimum absolute atomic E-state index is 0.564. The summed E-state index contributed by atoms with van der Waals surface area (Å²) in [5, 5.41) is 3.96. The zero-order chi connectivity index (χ0) is 26.7. The van der Waals surface area contributed by atoms with Crippen molar-refractivity contribution in [3.63, 3.8) is 0 Å². The minimum Gasteiger partial charge on any atom is -0.495 e. The monoisotopic (exact) mass is 507 g/mol. The fourth-order valence-corrected chi connectivity index (χ4v) is 4.02. The molecular weight excluding hydrogens is 466 g/mol. The number of methoxy groups -OCH3 is 1. The van der Waals surface area contributed by atoms with Crippen LogP contribution in [-0.4, -0.2) is 17.1 Å². The molecule has 1 fully saturated rings. The summed E-state index contributed by atoms with van der Waals surface area (Å²) in [4.78, 5) is 9.60. The Kier molecular flexibility index (Phi) is 12.0. The predicted octanol–water partition coefficient (Wildman–Crippen LogP) is 9.75. The van der Waals surface area contributed by atoms with Crippen LogP contribution in [0.4, 0.5) is 11.5 Å². The molecule has 1 saturated carbocycles. The number of halogens is 1. The average Bonchev–Trinajstić information content (AvgIpc) is 2.91. The van der Waals surface area contributed by atoms with Gasteiger partial charge in [0, 0.05) is 22.9 Å². The van der Waals surface area contributed by atoms with Gasteiger partial charge in [0.15, 0.2) is 5.82 Å². The second kappa shape index (κ2) is 14.6. The number of allylic oxidation sites excluding steroid dienone is 1. The maximum Gasteiger partial charge on any atom is 0.162 e. The largest absolute Gasteiger partial charge is 0.495 e. The van der Waals surface area contributed by atoms with Gasteiger partial charge in [0.05, 0.1) is 17.8 Å². The van der Waals surface area contributed by atoms with Gasteiger partial charge >= 0.3 is 0 Å². The van der Waals surface area contributed by atoms with Crippen LogP contribution >= 0.6 is 11.6 Å². The van der Waals surface area contributed by atoms with Gasteiger partial charge in [-0.15, -0.1) is 0 Å². The van der Waals surface area contributed by atoms with Crippen LogP contribution in [0.2, 0.25) is 5.02 Å². The van der Waals surface area contributed by atoms with Crippen LogP contribution in [0.15, 0.2) is 55.1 Å². The zero-order valence-corrected chi connectivity index (χ0v) is 23.7. The predicted molar refractivity (Wildman–Crippen MR) is 156 cm³/mol. The Labute approximate surface area is 223 Å². The number of benzene rings is 2. The molecule has 0 spiro atoms. The van der Waals surface area contributed by atoms with E-state index in [-0.39, 0.29) is 0 Å². The van der Waals surface area contributed by atoms with Gasteiger partial charge in [-0.2, -0.15) is 0 Å². The lowest BCUT2D eigenvalue weighted by Gasteiger charge is -2.29. The third kappa shape index (κ3) is 7.83. The van der Waals surface area contributed by atoms with Gasteiger partial charge in [-0.05, 0) is 42.9 Å². The van der Waals surface area contributed by atoms with Gasteiger partial charge in [0.2, 0.25) is 0 Å². The molecule has 3 aromatic rings. The Morgan fingerprint density at radius 1 is 1.06 bits per heavy atom. The van der Waals surface area contributed by atoms with Crippen LogP contribution in [0.25, 0.3) is 17.0 Å². The fourth-order valence-electron chi connectivity index (χ4n) is 3.83. The number of nitrogens with one attached hydrogen (secondary N) is 1. The summed E-state index contributed by atoms with van der Waals surface area (Å²) in [5.74, 6) is 4.08. The maximum absolute atomic E-state index is 6.15. The molecule has 4 nitrogen and oxygen atoms in total. The molecule has 0 amide bonds. The molecule has 1 N–H and O–H groups in total. The SMILES string of the molecule is C=C(CCC)c1nc(-c2ccccc2)nc(Nc2ccc(Cl)c(OC)c2)c1C.CC.CC1CCC1C. The van der Waals surface area contributed by atoms with E-state index in [1.165, 1.54) is 12.8 Å². The van der Waals surface area contributed by atoms with Gasteiger partial charge in [-0.1, -0.05) is 102 Å². The molecule has 1 aliphatic carbocycles. The normalized spacial score (nSPS) is 15.9. The molecule has 2 unspecified atom stereocenters. The van der Waals surface area contributed by atoms with Crippen LogP contribution < -0.4 is 10.1 Å². The highest BCUT2D eigenvalue weighted by molar-refractivity contribution is 6.32. The second-order valence-corrected chi connectivity index (χ2v) is 9.50. The number of aromatic nitrogens is 2. The fraction of sp³-hybridized carbons (Fsp3) is 0.419. The summed E-state index contributed by atoms with van der Waals surface area (Å²) in [6.07, 6.45) is 4.85. The summed E-state index contributed by atoms with van der Waals surface area (Å²) >= 11 is 6.15. The molecule has 0 bridgehead atoms. The van der Waals surface area contributed by atoms with Crippen molar-refractivity contribution in [2.75, 3.05) is 12.4 Å². The first-order valence-electron chi connectivity index (χ1n) is 13.1. The van der Waals surface area contributed by atoms with Gasteiger partial charge in [0.1, 0.15) is 11.6 Å². The molecule has 5 heteroatoms. The highest BCUT2D eigenvalue weighted by Gasteiger charge is 2.20. The number of rotatable bonds is 7. The molecule has 1 aliphatic rings. The number of nitrogens with zero attached hydrogens (tertiary/aromatic N) is 2. The molecule has 0 saturated heterocycles. The first-order valence-corrected chi connectivity index (χ1v) is 13.4. The third-order valence-electron chi connectivity index (χ3n) is 6.53. The summed E-state index contributed by atoms with van der Waals surface area (Å²) < 4.78 is 5.32. The zero-order valence-electron chi connectivity index (χ0n) is 23.0. The van der Waals surface area contributed by atoms with Crippen LogP contribution in [0.3, 0.4) is 0 Å².